The topological polar surface area (TPSA) is 38.3 Å². The van der Waals surface area contributed by atoms with Gasteiger partial charge in [-0.05, 0) is 30.5 Å². The molecule has 21 heavy (non-hydrogen) atoms. The zero-order valence-corrected chi connectivity index (χ0v) is 11.9. The van der Waals surface area contributed by atoms with E-state index in [9.17, 15) is 4.79 Å². The highest BCUT2D eigenvalue weighted by atomic mass is 16.5. The van der Waals surface area contributed by atoms with Crippen molar-refractivity contribution in [1.29, 1.82) is 0 Å². The van der Waals surface area contributed by atoms with Crippen LogP contribution >= 0.6 is 0 Å². The van der Waals surface area contributed by atoms with Gasteiger partial charge in [-0.25, -0.2) is 0 Å². The molecule has 0 aromatic heterocycles. The van der Waals surface area contributed by atoms with E-state index in [0.29, 0.717) is 13.2 Å². The monoisotopic (exact) mass is 281 g/mol. The first-order chi connectivity index (χ1) is 10.3. The Hall–Kier alpha value is -2.13. The van der Waals surface area contributed by atoms with Crippen LogP contribution in [0.5, 0.6) is 0 Å². The maximum absolute atomic E-state index is 12.9. The van der Waals surface area contributed by atoms with E-state index in [-0.39, 0.29) is 5.91 Å². The van der Waals surface area contributed by atoms with Crippen LogP contribution in [0, 0.1) is 0 Å². The Kier molecular flexibility index (Phi) is 4.02. The van der Waals surface area contributed by atoms with Crippen molar-refractivity contribution < 1.29 is 9.53 Å². The minimum absolute atomic E-state index is 0.0585. The van der Waals surface area contributed by atoms with Gasteiger partial charge in [0.25, 0.3) is 0 Å². The number of rotatable bonds is 3. The predicted octanol–water partition coefficient (Wildman–Crippen LogP) is 3.37. The fourth-order valence-electron chi connectivity index (χ4n) is 2.90. The molecule has 3 rings (SSSR count). The summed E-state index contributed by atoms with van der Waals surface area (Å²) in [6, 6.07) is 19.6. The molecule has 3 heteroatoms. The quantitative estimate of drug-likeness (QED) is 0.936. The number of carbonyl (C=O) groups is 1. The molecule has 1 aliphatic heterocycles. The van der Waals surface area contributed by atoms with E-state index in [0.717, 1.165) is 24.1 Å². The lowest BCUT2D eigenvalue weighted by atomic mass is 9.73. The van der Waals surface area contributed by atoms with E-state index in [4.69, 9.17) is 4.74 Å². The number of para-hydroxylation sites is 1. The highest BCUT2D eigenvalue weighted by Gasteiger charge is 2.41. The van der Waals surface area contributed by atoms with Crippen LogP contribution in [0.2, 0.25) is 0 Å². The molecule has 1 saturated heterocycles. The van der Waals surface area contributed by atoms with Crippen LogP contribution in [0.1, 0.15) is 18.4 Å². The van der Waals surface area contributed by atoms with Crippen LogP contribution in [-0.2, 0) is 14.9 Å². The second-order valence-corrected chi connectivity index (χ2v) is 5.38. The smallest absolute Gasteiger partial charge is 0.235 e. The molecule has 1 N–H and O–H groups in total. The molecule has 0 bridgehead atoms. The molecule has 0 radical (unpaired) electrons. The average molecular weight is 281 g/mol. The van der Waals surface area contributed by atoms with Crippen molar-refractivity contribution in [3.05, 3.63) is 66.2 Å². The predicted molar refractivity (Wildman–Crippen MR) is 83.2 cm³/mol. The van der Waals surface area contributed by atoms with Crippen LogP contribution in [0.15, 0.2) is 60.7 Å². The fourth-order valence-corrected chi connectivity index (χ4v) is 2.90. The Morgan fingerprint density at radius 3 is 2.10 bits per heavy atom. The molecule has 0 spiro atoms. The van der Waals surface area contributed by atoms with E-state index < -0.39 is 5.41 Å². The number of ether oxygens (including phenoxy) is 1. The molecule has 2 aromatic carbocycles. The normalized spacial score (nSPS) is 17.1. The van der Waals surface area contributed by atoms with Crippen molar-refractivity contribution in [2.24, 2.45) is 0 Å². The molecular formula is C18H19NO2. The highest BCUT2D eigenvalue weighted by molar-refractivity contribution is 5.99. The van der Waals surface area contributed by atoms with Crippen LogP contribution in [0.4, 0.5) is 5.69 Å². The first-order valence-corrected chi connectivity index (χ1v) is 7.31. The summed E-state index contributed by atoms with van der Waals surface area (Å²) in [6.45, 7) is 1.24. The van der Waals surface area contributed by atoms with Crippen LogP contribution in [-0.4, -0.2) is 19.1 Å². The summed E-state index contributed by atoms with van der Waals surface area (Å²) < 4.78 is 5.47. The molecule has 108 valence electrons. The Bertz CT molecular complexity index is 589. The Morgan fingerprint density at radius 1 is 0.905 bits per heavy atom. The summed E-state index contributed by atoms with van der Waals surface area (Å²) in [6.07, 6.45) is 1.44. The molecule has 1 amide bonds. The van der Waals surface area contributed by atoms with Crippen LogP contribution in [0.3, 0.4) is 0 Å². The van der Waals surface area contributed by atoms with Crippen LogP contribution < -0.4 is 5.32 Å². The molecule has 0 aliphatic carbocycles. The van der Waals surface area contributed by atoms with E-state index in [2.05, 4.69) is 5.32 Å². The molecule has 3 nitrogen and oxygen atoms in total. The number of benzene rings is 2. The number of carbonyl (C=O) groups excluding carboxylic acids is 1. The van der Waals surface area contributed by atoms with Gasteiger partial charge in [0.2, 0.25) is 5.91 Å². The molecular weight excluding hydrogens is 262 g/mol. The van der Waals surface area contributed by atoms with Crippen molar-refractivity contribution in [3.8, 4) is 0 Å². The van der Waals surface area contributed by atoms with Crippen molar-refractivity contribution in [2.75, 3.05) is 18.5 Å². The average Bonchev–Trinajstić information content (AvgIpc) is 2.57. The van der Waals surface area contributed by atoms with Gasteiger partial charge < -0.3 is 10.1 Å². The Morgan fingerprint density at radius 2 is 1.48 bits per heavy atom. The van der Waals surface area contributed by atoms with Gasteiger partial charge in [0.15, 0.2) is 0 Å². The third-order valence-electron chi connectivity index (χ3n) is 4.14. The number of anilines is 1. The van der Waals surface area contributed by atoms with Gasteiger partial charge in [0, 0.05) is 18.9 Å². The maximum Gasteiger partial charge on any atom is 0.235 e. The molecule has 0 saturated carbocycles. The van der Waals surface area contributed by atoms with Gasteiger partial charge >= 0.3 is 0 Å². The SMILES string of the molecule is O=C(Nc1ccccc1)C1(c2ccccc2)CCOCC1. The zero-order chi connectivity index (χ0) is 14.5. The van der Waals surface area contributed by atoms with Gasteiger partial charge in [-0.3, -0.25) is 4.79 Å². The van der Waals surface area contributed by atoms with E-state index in [1.807, 2.05) is 60.7 Å². The summed E-state index contributed by atoms with van der Waals surface area (Å²) in [4.78, 5) is 12.9. The van der Waals surface area contributed by atoms with E-state index in [1.54, 1.807) is 0 Å². The Balaban J connectivity index is 1.90. The molecule has 0 atom stereocenters. The summed E-state index contributed by atoms with van der Waals surface area (Å²) >= 11 is 0. The van der Waals surface area contributed by atoms with Crippen LogP contribution in [0.25, 0.3) is 0 Å². The first kappa shape index (κ1) is 13.8. The fraction of sp³-hybridized carbons (Fsp3) is 0.278. The summed E-state index contributed by atoms with van der Waals surface area (Å²) in [7, 11) is 0. The molecule has 1 heterocycles. The van der Waals surface area contributed by atoms with Crippen molar-refractivity contribution in [3.63, 3.8) is 0 Å². The van der Waals surface area contributed by atoms with Crippen molar-refractivity contribution in [2.45, 2.75) is 18.3 Å². The number of nitrogens with one attached hydrogen (secondary N) is 1. The third kappa shape index (κ3) is 2.83. The largest absolute Gasteiger partial charge is 0.381 e. The summed E-state index contributed by atoms with van der Waals surface area (Å²) in [5, 5.41) is 3.06. The van der Waals surface area contributed by atoms with Gasteiger partial charge in [0.05, 0.1) is 5.41 Å². The minimum atomic E-state index is -0.491. The van der Waals surface area contributed by atoms with Crippen molar-refractivity contribution >= 4 is 11.6 Å². The minimum Gasteiger partial charge on any atom is -0.381 e. The summed E-state index contributed by atoms with van der Waals surface area (Å²) in [5.74, 6) is 0.0585. The highest BCUT2D eigenvalue weighted by Crippen LogP contribution is 2.36. The zero-order valence-electron chi connectivity index (χ0n) is 11.9. The second kappa shape index (κ2) is 6.10. The van der Waals surface area contributed by atoms with Gasteiger partial charge in [0.1, 0.15) is 0 Å². The van der Waals surface area contributed by atoms with E-state index >= 15 is 0 Å². The second-order valence-electron chi connectivity index (χ2n) is 5.38. The third-order valence-corrected chi connectivity index (χ3v) is 4.14. The lowest BCUT2D eigenvalue weighted by molar-refractivity contribution is -0.125. The number of amides is 1. The Labute approximate surface area is 124 Å². The van der Waals surface area contributed by atoms with Gasteiger partial charge in [-0.15, -0.1) is 0 Å². The number of hydrogen-bond acceptors (Lipinski definition) is 2. The molecule has 2 aromatic rings. The van der Waals surface area contributed by atoms with Gasteiger partial charge in [-0.2, -0.15) is 0 Å². The standard InChI is InChI=1S/C18H19NO2/c20-17(19-16-9-5-2-6-10-16)18(11-13-21-14-12-18)15-7-3-1-4-8-15/h1-10H,11-14H2,(H,19,20). The molecule has 1 aliphatic rings. The maximum atomic E-state index is 12.9. The molecule has 1 fully saturated rings. The van der Waals surface area contributed by atoms with Crippen molar-refractivity contribution in [1.82, 2.24) is 0 Å². The lowest BCUT2D eigenvalue weighted by Gasteiger charge is -2.36. The lowest BCUT2D eigenvalue weighted by Crippen LogP contribution is -2.44. The molecule has 0 unspecified atom stereocenters. The first-order valence-electron chi connectivity index (χ1n) is 7.31. The van der Waals surface area contributed by atoms with Gasteiger partial charge in [-0.1, -0.05) is 48.5 Å². The number of hydrogen-bond donors (Lipinski definition) is 1. The van der Waals surface area contributed by atoms with E-state index in [1.165, 1.54) is 0 Å². The summed E-state index contributed by atoms with van der Waals surface area (Å²) in [5.41, 5.74) is 1.42.